The average molecular weight is 246 g/mol. The average Bonchev–Trinajstić information content (AvgIpc) is 2.71. The Labute approximate surface area is 111 Å². The minimum Gasteiger partial charge on any atom is -0.384 e. The zero-order chi connectivity index (χ0) is 13.0. The summed E-state index contributed by atoms with van der Waals surface area (Å²) in [5, 5.41) is 3.54. The minimum atomic E-state index is 0.759. The third-order valence-electron chi connectivity index (χ3n) is 4.14. The first-order chi connectivity index (χ1) is 8.70. The van der Waals surface area contributed by atoms with E-state index in [0.29, 0.717) is 0 Å². The molecule has 1 aromatic carbocycles. The number of nitrogens with zero attached hydrogens (tertiary/aromatic N) is 1. The molecule has 0 radical (unpaired) electrons. The Morgan fingerprint density at radius 3 is 2.89 bits per heavy atom. The van der Waals surface area contributed by atoms with E-state index in [1.54, 1.807) is 0 Å². The molecule has 2 atom stereocenters. The molecular weight excluding hydrogens is 220 g/mol. The number of nitrogens with one attached hydrogen (secondary N) is 1. The van der Waals surface area contributed by atoms with Gasteiger partial charge in [0.2, 0.25) is 0 Å². The molecule has 0 amide bonds. The maximum Gasteiger partial charge on any atom is 0.0343 e. The van der Waals surface area contributed by atoms with Crippen molar-refractivity contribution in [3.63, 3.8) is 0 Å². The van der Waals surface area contributed by atoms with Crippen LogP contribution in [0.5, 0.6) is 0 Å². The second-order valence-corrected chi connectivity index (χ2v) is 5.52. The first-order valence-corrected chi connectivity index (χ1v) is 7.27. The van der Waals surface area contributed by atoms with Crippen LogP contribution in [0.15, 0.2) is 24.3 Å². The van der Waals surface area contributed by atoms with Crippen molar-refractivity contribution in [2.24, 2.45) is 0 Å². The minimum absolute atomic E-state index is 0.759. The van der Waals surface area contributed by atoms with E-state index in [0.717, 1.165) is 25.2 Å². The molecule has 1 heterocycles. The molecule has 18 heavy (non-hydrogen) atoms. The van der Waals surface area contributed by atoms with Crippen molar-refractivity contribution in [2.75, 3.05) is 18.4 Å². The second kappa shape index (κ2) is 6.24. The number of benzene rings is 1. The molecule has 2 nitrogen and oxygen atoms in total. The van der Waals surface area contributed by atoms with Gasteiger partial charge >= 0.3 is 0 Å². The Hall–Kier alpha value is -1.02. The molecule has 1 N–H and O–H groups in total. The predicted octanol–water partition coefficient (Wildman–Crippen LogP) is 3.67. The first kappa shape index (κ1) is 13.4. The number of likely N-dealkylation sites (tertiary alicyclic amines) is 1. The zero-order valence-corrected chi connectivity index (χ0v) is 11.9. The lowest BCUT2D eigenvalue weighted by Gasteiger charge is -2.27. The van der Waals surface area contributed by atoms with Crippen LogP contribution in [0.1, 0.15) is 38.7 Å². The predicted molar refractivity (Wildman–Crippen MR) is 79.1 cm³/mol. The molecule has 0 aliphatic carbocycles. The smallest absolute Gasteiger partial charge is 0.0343 e. The van der Waals surface area contributed by atoms with Gasteiger partial charge in [-0.3, -0.25) is 4.90 Å². The van der Waals surface area contributed by atoms with Gasteiger partial charge in [-0.05, 0) is 50.8 Å². The number of rotatable bonds is 5. The molecule has 100 valence electrons. The lowest BCUT2D eigenvalue weighted by molar-refractivity contribution is 0.207. The van der Waals surface area contributed by atoms with Gasteiger partial charge in [-0.25, -0.2) is 0 Å². The quantitative estimate of drug-likeness (QED) is 0.852. The SMILES string of the molecule is CCC1CCC(C)N1CCNc1cccc(C)c1. The van der Waals surface area contributed by atoms with Crippen molar-refractivity contribution in [3.8, 4) is 0 Å². The summed E-state index contributed by atoms with van der Waals surface area (Å²) in [5.74, 6) is 0. The lowest BCUT2D eigenvalue weighted by Crippen LogP contribution is -2.37. The summed E-state index contributed by atoms with van der Waals surface area (Å²) in [6.07, 6.45) is 4.03. The van der Waals surface area contributed by atoms with Gasteiger partial charge in [-0.1, -0.05) is 19.1 Å². The molecule has 2 rings (SSSR count). The van der Waals surface area contributed by atoms with Gasteiger partial charge < -0.3 is 5.32 Å². The molecule has 0 spiro atoms. The number of hydrogen-bond acceptors (Lipinski definition) is 2. The normalized spacial score (nSPS) is 24.4. The van der Waals surface area contributed by atoms with Crippen molar-refractivity contribution in [1.29, 1.82) is 0 Å². The van der Waals surface area contributed by atoms with Gasteiger partial charge in [0.05, 0.1) is 0 Å². The first-order valence-electron chi connectivity index (χ1n) is 7.27. The van der Waals surface area contributed by atoms with Crippen molar-refractivity contribution < 1.29 is 0 Å². The molecule has 2 unspecified atom stereocenters. The van der Waals surface area contributed by atoms with Crippen molar-refractivity contribution >= 4 is 5.69 Å². The van der Waals surface area contributed by atoms with E-state index in [-0.39, 0.29) is 0 Å². The highest BCUT2D eigenvalue weighted by Crippen LogP contribution is 2.25. The van der Waals surface area contributed by atoms with Crippen LogP contribution in [-0.2, 0) is 0 Å². The number of anilines is 1. The summed E-state index contributed by atoms with van der Waals surface area (Å²) in [7, 11) is 0. The molecule has 0 bridgehead atoms. The summed E-state index contributed by atoms with van der Waals surface area (Å²) in [5.41, 5.74) is 2.57. The molecule has 0 saturated carbocycles. The van der Waals surface area contributed by atoms with Gasteiger partial charge in [0, 0.05) is 30.9 Å². The van der Waals surface area contributed by atoms with Crippen LogP contribution in [-0.4, -0.2) is 30.1 Å². The van der Waals surface area contributed by atoms with Crippen LogP contribution in [0.3, 0.4) is 0 Å². The summed E-state index contributed by atoms with van der Waals surface area (Å²) in [4.78, 5) is 2.67. The molecule has 1 aromatic rings. The van der Waals surface area contributed by atoms with Crippen LogP contribution in [0.4, 0.5) is 5.69 Å². The van der Waals surface area contributed by atoms with Crippen LogP contribution in [0, 0.1) is 6.92 Å². The highest BCUT2D eigenvalue weighted by molar-refractivity contribution is 5.45. The fraction of sp³-hybridized carbons (Fsp3) is 0.625. The highest BCUT2D eigenvalue weighted by atomic mass is 15.2. The second-order valence-electron chi connectivity index (χ2n) is 5.52. The molecule has 0 aromatic heterocycles. The van der Waals surface area contributed by atoms with Crippen molar-refractivity contribution in [1.82, 2.24) is 4.90 Å². The van der Waals surface area contributed by atoms with Crippen LogP contribution < -0.4 is 5.32 Å². The molecule has 1 saturated heterocycles. The zero-order valence-electron chi connectivity index (χ0n) is 11.9. The van der Waals surface area contributed by atoms with Gasteiger partial charge in [-0.15, -0.1) is 0 Å². The third kappa shape index (κ3) is 3.26. The Morgan fingerprint density at radius 2 is 2.17 bits per heavy atom. The largest absolute Gasteiger partial charge is 0.384 e. The molecule has 1 fully saturated rings. The van der Waals surface area contributed by atoms with Gasteiger partial charge in [-0.2, -0.15) is 0 Å². The highest BCUT2D eigenvalue weighted by Gasteiger charge is 2.28. The van der Waals surface area contributed by atoms with E-state index in [4.69, 9.17) is 0 Å². The fourth-order valence-corrected chi connectivity index (χ4v) is 3.05. The topological polar surface area (TPSA) is 15.3 Å². The Bertz CT molecular complexity index is 375. The summed E-state index contributed by atoms with van der Waals surface area (Å²) in [6, 6.07) is 10.2. The Balaban J connectivity index is 1.81. The van der Waals surface area contributed by atoms with Gasteiger partial charge in [0.1, 0.15) is 0 Å². The summed E-state index contributed by atoms with van der Waals surface area (Å²) in [6.45, 7) is 9.02. The van der Waals surface area contributed by atoms with Gasteiger partial charge in [0.15, 0.2) is 0 Å². The number of aryl methyl sites for hydroxylation is 1. The summed E-state index contributed by atoms with van der Waals surface area (Å²) >= 11 is 0. The van der Waals surface area contributed by atoms with E-state index in [9.17, 15) is 0 Å². The van der Waals surface area contributed by atoms with E-state index in [1.165, 1.54) is 30.5 Å². The van der Waals surface area contributed by atoms with Crippen LogP contribution in [0.2, 0.25) is 0 Å². The molecule has 1 aliphatic rings. The monoisotopic (exact) mass is 246 g/mol. The third-order valence-corrected chi connectivity index (χ3v) is 4.14. The van der Waals surface area contributed by atoms with Crippen molar-refractivity contribution in [2.45, 2.75) is 52.1 Å². The van der Waals surface area contributed by atoms with Crippen LogP contribution in [0.25, 0.3) is 0 Å². The molecular formula is C16H26N2. The Morgan fingerprint density at radius 1 is 1.33 bits per heavy atom. The standard InChI is InChI=1S/C16H26N2/c1-4-16-9-8-14(3)18(16)11-10-17-15-7-5-6-13(2)12-15/h5-7,12,14,16-17H,4,8-11H2,1-3H3. The van der Waals surface area contributed by atoms with Crippen LogP contribution >= 0.6 is 0 Å². The number of hydrogen-bond donors (Lipinski definition) is 1. The maximum atomic E-state index is 3.54. The molecule has 2 heteroatoms. The van der Waals surface area contributed by atoms with E-state index >= 15 is 0 Å². The lowest BCUT2D eigenvalue weighted by atomic mass is 10.1. The summed E-state index contributed by atoms with van der Waals surface area (Å²) < 4.78 is 0. The maximum absolute atomic E-state index is 3.54. The van der Waals surface area contributed by atoms with Gasteiger partial charge in [0.25, 0.3) is 0 Å². The van der Waals surface area contributed by atoms with E-state index in [2.05, 4.69) is 55.3 Å². The molecule has 1 aliphatic heterocycles. The van der Waals surface area contributed by atoms with Crippen molar-refractivity contribution in [3.05, 3.63) is 29.8 Å². The fourth-order valence-electron chi connectivity index (χ4n) is 3.05. The Kier molecular flexibility index (Phi) is 4.65. The van der Waals surface area contributed by atoms with E-state index in [1.807, 2.05) is 0 Å². The van der Waals surface area contributed by atoms with E-state index < -0.39 is 0 Å².